The van der Waals surface area contributed by atoms with Crippen molar-refractivity contribution in [3.8, 4) is 12.3 Å². The molecule has 5 nitrogen and oxygen atoms in total. The number of halogens is 2. The van der Waals surface area contributed by atoms with E-state index in [-0.39, 0.29) is 26.5 Å². The van der Waals surface area contributed by atoms with Crippen LogP contribution in [0.15, 0.2) is 21.5 Å². The van der Waals surface area contributed by atoms with Gasteiger partial charge in [-0.15, -0.1) is 18.2 Å². The number of carboxylic acid groups (broad SMARTS) is 1. The molecule has 0 aliphatic heterocycles. The normalized spacial score (nSPS) is 11.1. The van der Waals surface area contributed by atoms with Crippen LogP contribution in [0.4, 0.5) is 0 Å². The molecule has 0 aliphatic rings. The highest BCUT2D eigenvalue weighted by Gasteiger charge is 2.20. The van der Waals surface area contributed by atoms with Crippen LogP contribution in [0, 0.1) is 12.3 Å². The number of benzene rings is 1. The van der Waals surface area contributed by atoms with Crippen molar-refractivity contribution in [2.24, 2.45) is 0 Å². The van der Waals surface area contributed by atoms with Gasteiger partial charge >= 0.3 is 5.97 Å². The lowest BCUT2D eigenvalue weighted by Gasteiger charge is -2.09. The number of aromatic carboxylic acids is 1. The van der Waals surface area contributed by atoms with Crippen LogP contribution in [0.2, 0.25) is 5.02 Å². The molecule has 1 aromatic carbocycles. The number of carboxylic acids is 1. The molecule has 114 valence electrons. The molecule has 0 atom stereocenters. The molecule has 0 aromatic heterocycles. The predicted octanol–water partition coefficient (Wildman–Crippen LogP) is 2.45. The fraction of sp³-hybridized carbons (Fsp3) is 0.250. The van der Waals surface area contributed by atoms with Gasteiger partial charge < -0.3 is 5.11 Å². The van der Waals surface area contributed by atoms with E-state index in [1.807, 2.05) is 0 Å². The zero-order valence-electron chi connectivity index (χ0n) is 10.6. The smallest absolute Gasteiger partial charge is 0.337 e. The van der Waals surface area contributed by atoms with E-state index in [0.717, 1.165) is 6.07 Å². The standard InChI is InChI=1S/C12H11BrClNO4S2/c1-2-4-20-5-3-15-21(18,19)8-6-9(12(16)17)11(14)10(13)7-8/h1,6-7,15H,3-5H2,(H,16,17). The highest BCUT2D eigenvalue weighted by atomic mass is 79.9. The van der Waals surface area contributed by atoms with Crippen LogP contribution in [-0.2, 0) is 10.0 Å². The van der Waals surface area contributed by atoms with Crippen molar-refractivity contribution in [2.75, 3.05) is 18.1 Å². The van der Waals surface area contributed by atoms with Gasteiger partial charge in [0.15, 0.2) is 0 Å². The van der Waals surface area contributed by atoms with E-state index in [1.165, 1.54) is 17.8 Å². The maximum atomic E-state index is 12.1. The first-order valence-electron chi connectivity index (χ1n) is 5.53. The van der Waals surface area contributed by atoms with Crippen LogP contribution in [-0.4, -0.2) is 37.5 Å². The third-order valence-corrected chi connectivity index (χ3v) is 5.83. The third-order valence-electron chi connectivity index (χ3n) is 2.27. The Balaban J connectivity index is 2.94. The Labute approximate surface area is 140 Å². The highest BCUT2D eigenvalue weighted by Crippen LogP contribution is 2.29. The van der Waals surface area contributed by atoms with Crippen molar-refractivity contribution in [1.82, 2.24) is 4.72 Å². The van der Waals surface area contributed by atoms with Gasteiger partial charge in [-0.05, 0) is 28.1 Å². The number of rotatable bonds is 7. The topological polar surface area (TPSA) is 83.5 Å². The lowest BCUT2D eigenvalue weighted by Crippen LogP contribution is -2.26. The number of carbonyl (C=O) groups is 1. The maximum Gasteiger partial charge on any atom is 0.337 e. The summed E-state index contributed by atoms with van der Waals surface area (Å²) in [7, 11) is -3.81. The SMILES string of the molecule is C#CCSCCNS(=O)(=O)c1cc(Br)c(Cl)c(C(=O)O)c1. The van der Waals surface area contributed by atoms with Gasteiger partial charge in [-0.1, -0.05) is 17.5 Å². The van der Waals surface area contributed by atoms with Crippen LogP contribution in [0.25, 0.3) is 0 Å². The zero-order valence-corrected chi connectivity index (χ0v) is 14.6. The summed E-state index contributed by atoms with van der Waals surface area (Å²) in [4.78, 5) is 10.9. The van der Waals surface area contributed by atoms with E-state index in [9.17, 15) is 13.2 Å². The summed E-state index contributed by atoms with van der Waals surface area (Å²) in [6.07, 6.45) is 5.08. The van der Waals surface area contributed by atoms with Gasteiger partial charge in [-0.3, -0.25) is 0 Å². The van der Waals surface area contributed by atoms with Gasteiger partial charge in [-0.2, -0.15) is 0 Å². The molecule has 1 aromatic rings. The van der Waals surface area contributed by atoms with Crippen molar-refractivity contribution in [1.29, 1.82) is 0 Å². The number of terminal acetylenes is 1. The van der Waals surface area contributed by atoms with Crippen LogP contribution in [0.3, 0.4) is 0 Å². The fourth-order valence-corrected chi connectivity index (χ4v) is 3.86. The van der Waals surface area contributed by atoms with Crippen molar-refractivity contribution in [2.45, 2.75) is 4.90 Å². The van der Waals surface area contributed by atoms with E-state index >= 15 is 0 Å². The monoisotopic (exact) mass is 411 g/mol. The molecule has 0 unspecified atom stereocenters. The van der Waals surface area contributed by atoms with Gasteiger partial charge in [0.05, 0.1) is 21.2 Å². The molecule has 2 N–H and O–H groups in total. The minimum atomic E-state index is -3.81. The lowest BCUT2D eigenvalue weighted by molar-refractivity contribution is 0.0696. The average Bonchev–Trinajstić information content (AvgIpc) is 2.40. The summed E-state index contributed by atoms with van der Waals surface area (Å²) in [5.41, 5.74) is -0.284. The third kappa shape index (κ3) is 5.20. The minimum absolute atomic E-state index is 0.0500. The molecule has 0 radical (unpaired) electrons. The van der Waals surface area contributed by atoms with Gasteiger partial charge in [0.2, 0.25) is 10.0 Å². The first kappa shape index (κ1) is 18.3. The zero-order chi connectivity index (χ0) is 16.0. The Hall–Kier alpha value is -0.720. The average molecular weight is 413 g/mol. The van der Waals surface area contributed by atoms with E-state index in [4.69, 9.17) is 23.1 Å². The highest BCUT2D eigenvalue weighted by molar-refractivity contribution is 9.10. The Morgan fingerprint density at radius 2 is 2.19 bits per heavy atom. The van der Waals surface area contributed by atoms with Crippen molar-refractivity contribution >= 4 is 55.3 Å². The molecular weight excluding hydrogens is 402 g/mol. The van der Waals surface area contributed by atoms with Crippen LogP contribution >= 0.6 is 39.3 Å². The number of thioether (sulfide) groups is 1. The minimum Gasteiger partial charge on any atom is -0.478 e. The molecule has 0 saturated carbocycles. The van der Waals surface area contributed by atoms with Crippen LogP contribution < -0.4 is 4.72 Å². The molecule has 0 aliphatic carbocycles. The first-order valence-corrected chi connectivity index (χ1v) is 9.33. The summed E-state index contributed by atoms with van der Waals surface area (Å²) in [6.45, 7) is 0.192. The summed E-state index contributed by atoms with van der Waals surface area (Å²) in [5.74, 6) is 2.14. The van der Waals surface area contributed by atoms with Crippen LogP contribution in [0.5, 0.6) is 0 Å². The molecule has 0 bridgehead atoms. The molecule has 9 heteroatoms. The number of hydrogen-bond donors (Lipinski definition) is 2. The van der Waals surface area contributed by atoms with Crippen LogP contribution in [0.1, 0.15) is 10.4 Å². The molecule has 0 heterocycles. The van der Waals surface area contributed by atoms with Gasteiger partial charge in [0, 0.05) is 16.8 Å². The lowest BCUT2D eigenvalue weighted by atomic mass is 10.2. The number of nitrogens with one attached hydrogen (secondary N) is 1. The maximum absolute atomic E-state index is 12.1. The quantitative estimate of drug-likeness (QED) is 0.531. The van der Waals surface area contributed by atoms with Gasteiger partial charge in [0.1, 0.15) is 0 Å². The predicted molar refractivity (Wildman–Crippen MR) is 87.5 cm³/mol. The summed E-state index contributed by atoms with van der Waals surface area (Å²) >= 11 is 10.3. The van der Waals surface area contributed by atoms with E-state index in [2.05, 4.69) is 26.6 Å². The number of hydrogen-bond acceptors (Lipinski definition) is 4. The Kier molecular flexibility index (Phi) is 7.03. The fourth-order valence-electron chi connectivity index (χ4n) is 1.34. The second kappa shape index (κ2) is 8.06. The molecule has 0 fully saturated rings. The molecule has 0 saturated heterocycles. The summed E-state index contributed by atoms with van der Waals surface area (Å²) in [5, 5.41) is 8.96. The van der Waals surface area contributed by atoms with Crippen molar-refractivity contribution in [3.05, 3.63) is 27.2 Å². The second-order valence-corrected chi connectivity index (χ2v) is 7.83. The molecular formula is C12H11BrClNO4S2. The largest absolute Gasteiger partial charge is 0.478 e. The second-order valence-electron chi connectivity index (χ2n) is 3.73. The Morgan fingerprint density at radius 3 is 2.76 bits per heavy atom. The number of sulfonamides is 1. The van der Waals surface area contributed by atoms with Crippen molar-refractivity contribution in [3.63, 3.8) is 0 Å². The Bertz CT molecular complexity index is 685. The molecule has 1 rings (SSSR count). The summed E-state index contributed by atoms with van der Waals surface area (Å²) < 4.78 is 26.7. The molecule has 0 amide bonds. The molecule has 21 heavy (non-hydrogen) atoms. The van der Waals surface area contributed by atoms with Gasteiger partial charge in [-0.25, -0.2) is 17.9 Å². The Morgan fingerprint density at radius 1 is 1.52 bits per heavy atom. The van der Waals surface area contributed by atoms with E-state index in [1.54, 1.807) is 0 Å². The molecule has 0 spiro atoms. The van der Waals surface area contributed by atoms with Gasteiger partial charge in [0.25, 0.3) is 0 Å². The van der Waals surface area contributed by atoms with E-state index < -0.39 is 16.0 Å². The van der Waals surface area contributed by atoms with Crippen molar-refractivity contribution < 1.29 is 18.3 Å². The van der Waals surface area contributed by atoms with E-state index in [0.29, 0.717) is 11.5 Å². The summed E-state index contributed by atoms with van der Waals surface area (Å²) in [6, 6.07) is 2.28. The first-order chi connectivity index (χ1) is 9.79.